The molecule has 4 heteroatoms. The third-order valence-corrected chi connectivity index (χ3v) is 3.73. The van der Waals surface area contributed by atoms with Crippen LogP contribution in [0.5, 0.6) is 0 Å². The van der Waals surface area contributed by atoms with Crippen LogP contribution in [0.15, 0.2) is 36.5 Å². The van der Waals surface area contributed by atoms with Crippen LogP contribution in [0.4, 0.5) is 0 Å². The molecule has 0 amide bonds. The second-order valence-electron chi connectivity index (χ2n) is 5.16. The molecule has 21 heavy (non-hydrogen) atoms. The zero-order valence-electron chi connectivity index (χ0n) is 12.4. The summed E-state index contributed by atoms with van der Waals surface area (Å²) in [5.41, 5.74) is 5.21. The molecule has 3 aromatic rings. The highest BCUT2D eigenvalue weighted by Gasteiger charge is 2.13. The molecule has 0 radical (unpaired) electrons. The van der Waals surface area contributed by atoms with Crippen molar-refractivity contribution in [2.75, 3.05) is 6.61 Å². The minimum atomic E-state index is 0.175. The summed E-state index contributed by atoms with van der Waals surface area (Å²) in [5, 5.41) is 9.00. The topological polar surface area (TPSA) is 50.9 Å². The lowest BCUT2D eigenvalue weighted by Crippen LogP contribution is -2.01. The molecule has 1 N–H and O–H groups in total. The highest BCUT2D eigenvalue weighted by molar-refractivity contribution is 5.77. The quantitative estimate of drug-likeness (QED) is 0.800. The SMILES string of the molecule is CCc1nc2c(C)ccnc2n1-c1ccc(CCO)cc1. The van der Waals surface area contributed by atoms with Crippen molar-refractivity contribution in [2.24, 2.45) is 0 Å². The Balaban J connectivity index is 2.16. The van der Waals surface area contributed by atoms with Crippen molar-refractivity contribution in [1.82, 2.24) is 14.5 Å². The van der Waals surface area contributed by atoms with Gasteiger partial charge in [0.25, 0.3) is 0 Å². The summed E-state index contributed by atoms with van der Waals surface area (Å²) in [4.78, 5) is 9.23. The van der Waals surface area contributed by atoms with Crippen LogP contribution in [-0.4, -0.2) is 26.2 Å². The second-order valence-corrected chi connectivity index (χ2v) is 5.16. The fourth-order valence-corrected chi connectivity index (χ4v) is 2.59. The van der Waals surface area contributed by atoms with Gasteiger partial charge in [0.05, 0.1) is 0 Å². The number of nitrogens with zero attached hydrogens (tertiary/aromatic N) is 3. The third kappa shape index (κ3) is 2.43. The molecular formula is C17H19N3O. The number of aryl methyl sites for hydroxylation is 2. The summed E-state index contributed by atoms with van der Waals surface area (Å²) in [6, 6.07) is 10.2. The number of hydrogen-bond donors (Lipinski definition) is 1. The lowest BCUT2D eigenvalue weighted by atomic mass is 10.1. The number of pyridine rings is 1. The third-order valence-electron chi connectivity index (χ3n) is 3.73. The van der Waals surface area contributed by atoms with E-state index >= 15 is 0 Å². The predicted molar refractivity (Wildman–Crippen MR) is 83.8 cm³/mol. The van der Waals surface area contributed by atoms with Crippen LogP contribution in [0.25, 0.3) is 16.9 Å². The van der Waals surface area contributed by atoms with E-state index in [9.17, 15) is 0 Å². The van der Waals surface area contributed by atoms with Crippen LogP contribution in [0, 0.1) is 6.92 Å². The maximum absolute atomic E-state index is 9.00. The average molecular weight is 281 g/mol. The van der Waals surface area contributed by atoms with E-state index in [1.807, 2.05) is 24.4 Å². The molecule has 2 aromatic heterocycles. The molecule has 0 bridgehead atoms. The number of rotatable bonds is 4. The molecule has 4 nitrogen and oxygen atoms in total. The van der Waals surface area contributed by atoms with Crippen molar-refractivity contribution in [3.8, 4) is 5.69 Å². The molecule has 0 saturated heterocycles. The molecule has 1 aromatic carbocycles. The summed E-state index contributed by atoms with van der Waals surface area (Å²) in [6.45, 7) is 4.34. The summed E-state index contributed by atoms with van der Waals surface area (Å²) in [5.74, 6) is 1.02. The van der Waals surface area contributed by atoms with Gasteiger partial charge in [0, 0.05) is 24.9 Å². The van der Waals surface area contributed by atoms with Crippen molar-refractivity contribution in [1.29, 1.82) is 0 Å². The maximum atomic E-state index is 9.00. The zero-order chi connectivity index (χ0) is 14.8. The van der Waals surface area contributed by atoms with Crippen molar-refractivity contribution >= 4 is 11.2 Å². The minimum absolute atomic E-state index is 0.175. The molecule has 0 aliphatic heterocycles. The lowest BCUT2D eigenvalue weighted by molar-refractivity contribution is 0.299. The predicted octanol–water partition coefficient (Wildman–Crippen LogP) is 2.83. The van der Waals surface area contributed by atoms with E-state index in [0.717, 1.165) is 40.2 Å². The zero-order valence-corrected chi connectivity index (χ0v) is 12.4. The van der Waals surface area contributed by atoms with Gasteiger partial charge in [-0.15, -0.1) is 0 Å². The molecular weight excluding hydrogens is 262 g/mol. The number of aliphatic hydroxyl groups is 1. The first kappa shape index (κ1) is 13.8. The molecule has 0 saturated carbocycles. The van der Waals surface area contributed by atoms with Crippen molar-refractivity contribution in [3.05, 3.63) is 53.5 Å². The number of aromatic nitrogens is 3. The molecule has 0 spiro atoms. The van der Waals surface area contributed by atoms with Gasteiger partial charge < -0.3 is 5.11 Å². The van der Waals surface area contributed by atoms with Crippen LogP contribution >= 0.6 is 0 Å². The normalized spacial score (nSPS) is 11.2. The van der Waals surface area contributed by atoms with E-state index in [4.69, 9.17) is 10.1 Å². The first-order valence-corrected chi connectivity index (χ1v) is 7.27. The Morgan fingerprint density at radius 3 is 2.57 bits per heavy atom. The fourth-order valence-electron chi connectivity index (χ4n) is 2.59. The highest BCUT2D eigenvalue weighted by Crippen LogP contribution is 2.22. The Bertz CT molecular complexity index is 760. The van der Waals surface area contributed by atoms with Crippen LogP contribution in [0.1, 0.15) is 23.9 Å². The Hall–Kier alpha value is -2.20. The van der Waals surface area contributed by atoms with E-state index in [0.29, 0.717) is 6.42 Å². The van der Waals surface area contributed by atoms with E-state index in [1.165, 1.54) is 0 Å². The van der Waals surface area contributed by atoms with Gasteiger partial charge in [-0.05, 0) is 42.7 Å². The standard InChI is InChI=1S/C17H19N3O/c1-3-15-19-16-12(2)8-10-18-17(16)20(15)14-6-4-13(5-7-14)9-11-21/h4-8,10,21H,3,9,11H2,1-2H3. The molecule has 3 rings (SSSR count). The summed E-state index contributed by atoms with van der Waals surface area (Å²) in [7, 11) is 0. The smallest absolute Gasteiger partial charge is 0.164 e. The molecule has 108 valence electrons. The number of fused-ring (bicyclic) bond motifs is 1. The average Bonchev–Trinajstić information content (AvgIpc) is 2.88. The Morgan fingerprint density at radius 2 is 1.90 bits per heavy atom. The fraction of sp³-hybridized carbons (Fsp3) is 0.294. The van der Waals surface area contributed by atoms with Gasteiger partial charge in [0.15, 0.2) is 5.65 Å². The number of aliphatic hydroxyl groups excluding tert-OH is 1. The minimum Gasteiger partial charge on any atom is -0.396 e. The Kier molecular flexibility index (Phi) is 3.71. The molecule has 2 heterocycles. The molecule has 0 unspecified atom stereocenters. The van der Waals surface area contributed by atoms with Gasteiger partial charge in [-0.1, -0.05) is 19.1 Å². The first-order valence-electron chi connectivity index (χ1n) is 7.27. The van der Waals surface area contributed by atoms with E-state index in [1.54, 1.807) is 0 Å². The summed E-state index contributed by atoms with van der Waals surface area (Å²) >= 11 is 0. The van der Waals surface area contributed by atoms with Crippen molar-refractivity contribution in [3.63, 3.8) is 0 Å². The largest absolute Gasteiger partial charge is 0.396 e. The van der Waals surface area contributed by atoms with Gasteiger partial charge >= 0.3 is 0 Å². The van der Waals surface area contributed by atoms with Gasteiger partial charge in [0.1, 0.15) is 11.3 Å². The molecule has 0 atom stereocenters. The molecule has 0 fully saturated rings. The van der Waals surface area contributed by atoms with Crippen LogP contribution in [0.3, 0.4) is 0 Å². The maximum Gasteiger partial charge on any atom is 0.164 e. The van der Waals surface area contributed by atoms with Gasteiger partial charge in [-0.3, -0.25) is 4.57 Å². The second kappa shape index (κ2) is 5.66. The number of hydrogen-bond acceptors (Lipinski definition) is 3. The summed E-state index contributed by atoms with van der Waals surface area (Å²) < 4.78 is 2.12. The number of benzene rings is 1. The Labute approximate surface area is 124 Å². The van der Waals surface area contributed by atoms with E-state index < -0.39 is 0 Å². The van der Waals surface area contributed by atoms with Crippen LogP contribution < -0.4 is 0 Å². The monoisotopic (exact) mass is 281 g/mol. The van der Waals surface area contributed by atoms with Crippen LogP contribution in [0.2, 0.25) is 0 Å². The highest BCUT2D eigenvalue weighted by atomic mass is 16.2. The molecule has 0 aliphatic carbocycles. The number of imidazole rings is 1. The van der Waals surface area contributed by atoms with Gasteiger partial charge in [-0.2, -0.15) is 0 Å². The van der Waals surface area contributed by atoms with E-state index in [2.05, 4.69) is 35.5 Å². The lowest BCUT2D eigenvalue weighted by Gasteiger charge is -2.08. The van der Waals surface area contributed by atoms with Crippen molar-refractivity contribution in [2.45, 2.75) is 26.7 Å². The Morgan fingerprint density at radius 1 is 1.14 bits per heavy atom. The van der Waals surface area contributed by atoms with Gasteiger partial charge in [-0.25, -0.2) is 9.97 Å². The van der Waals surface area contributed by atoms with Crippen LogP contribution in [-0.2, 0) is 12.8 Å². The van der Waals surface area contributed by atoms with Crippen molar-refractivity contribution < 1.29 is 5.11 Å². The van der Waals surface area contributed by atoms with Gasteiger partial charge in [0.2, 0.25) is 0 Å². The van der Waals surface area contributed by atoms with E-state index in [-0.39, 0.29) is 6.61 Å². The first-order chi connectivity index (χ1) is 10.2. The summed E-state index contributed by atoms with van der Waals surface area (Å²) in [6.07, 6.45) is 3.37. The molecule has 0 aliphatic rings.